The van der Waals surface area contributed by atoms with Crippen molar-refractivity contribution in [2.24, 2.45) is 40.9 Å². The van der Waals surface area contributed by atoms with E-state index < -0.39 is 5.41 Å². The smallest absolute Gasteiger partial charge is 0.182 e. The van der Waals surface area contributed by atoms with E-state index in [1.807, 2.05) is 97.1 Å². The Labute approximate surface area is 348 Å². The number of aromatic nitrogens is 4. The minimum absolute atomic E-state index is 0.529. The quantitative estimate of drug-likeness (QED) is 0.0511. The van der Waals surface area contributed by atoms with E-state index in [2.05, 4.69) is 40.9 Å². The summed E-state index contributed by atoms with van der Waals surface area (Å²) in [5, 5.41) is 81.0. The summed E-state index contributed by atoms with van der Waals surface area (Å²) in [6.07, 6.45) is 10.9. The van der Waals surface area contributed by atoms with Gasteiger partial charge in [-0.1, -0.05) is 48.5 Å². The Morgan fingerprint density at radius 2 is 0.377 bits per heavy atom. The van der Waals surface area contributed by atoms with Crippen molar-refractivity contribution < 1.29 is 18.9 Å². The van der Waals surface area contributed by atoms with Crippen molar-refractivity contribution in [1.29, 1.82) is 0 Å². The van der Waals surface area contributed by atoms with Gasteiger partial charge in [0.1, 0.15) is 0 Å². The lowest BCUT2D eigenvalue weighted by molar-refractivity contribution is -0.605. The molecule has 4 aromatic heterocycles. The predicted molar refractivity (Wildman–Crippen MR) is 223 cm³/mol. The zero-order valence-corrected chi connectivity index (χ0v) is 32.0. The van der Waals surface area contributed by atoms with E-state index in [9.17, 15) is 20.8 Å². The van der Waals surface area contributed by atoms with Crippen molar-refractivity contribution >= 4 is 45.5 Å². The first-order chi connectivity index (χ1) is 29.8. The minimum Gasteiger partial charge on any atom is -0.619 e. The van der Waals surface area contributed by atoms with E-state index in [-0.39, 0.29) is 0 Å². The van der Waals surface area contributed by atoms with E-state index >= 15 is 0 Å². The summed E-state index contributed by atoms with van der Waals surface area (Å²) in [6, 6.07) is 43.6. The number of pyridine rings is 4. The van der Waals surface area contributed by atoms with Crippen LogP contribution in [0, 0.1) is 20.8 Å². The zero-order valence-electron chi connectivity index (χ0n) is 32.0. The highest BCUT2D eigenvalue weighted by atomic mass is 16.5. The fourth-order valence-electron chi connectivity index (χ4n) is 6.46. The molecule has 61 heavy (non-hydrogen) atoms. The van der Waals surface area contributed by atoms with Crippen LogP contribution in [0.5, 0.6) is 0 Å². The van der Waals surface area contributed by atoms with Gasteiger partial charge in [-0.15, -0.1) is 0 Å². The molecule has 0 N–H and O–H groups in total. The van der Waals surface area contributed by atoms with Gasteiger partial charge in [-0.3, -0.25) is 0 Å². The molecule has 0 aliphatic carbocycles. The molecular formula is C45H32N12O4. The largest absolute Gasteiger partial charge is 0.619 e. The van der Waals surface area contributed by atoms with E-state index in [0.717, 1.165) is 22.3 Å². The second-order valence-electron chi connectivity index (χ2n) is 13.4. The molecule has 16 nitrogen and oxygen atoms in total. The van der Waals surface area contributed by atoms with Gasteiger partial charge >= 0.3 is 0 Å². The number of rotatable bonds is 12. The summed E-state index contributed by atoms with van der Waals surface area (Å²) in [7, 11) is 0. The third kappa shape index (κ3) is 9.29. The molecule has 296 valence electrons. The average Bonchev–Trinajstić information content (AvgIpc) is 3.30. The van der Waals surface area contributed by atoms with Crippen LogP contribution in [0.15, 0.2) is 236 Å². The Bertz CT molecular complexity index is 2430. The van der Waals surface area contributed by atoms with E-state index in [4.69, 9.17) is 0 Å². The van der Waals surface area contributed by atoms with Gasteiger partial charge in [0.15, 0.2) is 49.6 Å². The van der Waals surface area contributed by atoms with Crippen LogP contribution in [-0.4, -0.2) is 0 Å². The number of azo groups is 4. The van der Waals surface area contributed by atoms with Crippen molar-refractivity contribution in [3.8, 4) is 0 Å². The normalized spacial score (nSPS) is 11.9. The lowest BCUT2D eigenvalue weighted by Crippen LogP contribution is -2.30. The third-order valence-corrected chi connectivity index (χ3v) is 9.46. The van der Waals surface area contributed by atoms with Crippen molar-refractivity contribution in [3.05, 3.63) is 238 Å². The first-order valence-electron chi connectivity index (χ1n) is 18.6. The molecule has 0 spiro atoms. The SMILES string of the molecule is [O-][n+]1ccc(/N=N/c2ccc(C(c3ccc(/N=N/c4cc[n+]([O-])cc4)cc3)(c3ccc(/N=N/c4cc[n+]([O-])cc4)cc3)c3ccc(/N=N/c4cc[n+]([O-])cc4)cc3)cc2)cc1. The topological polar surface area (TPSA) is 207 Å². The summed E-state index contributed by atoms with van der Waals surface area (Å²) in [5.74, 6) is 0. The van der Waals surface area contributed by atoms with Gasteiger partial charge in [-0.2, -0.15) is 59.8 Å². The van der Waals surface area contributed by atoms with Gasteiger partial charge in [-0.25, -0.2) is 0 Å². The van der Waals surface area contributed by atoms with Gasteiger partial charge in [-0.05, 0) is 70.8 Å². The predicted octanol–water partition coefficient (Wildman–Crippen LogP) is 10.3. The number of benzene rings is 4. The van der Waals surface area contributed by atoms with Crippen molar-refractivity contribution in [2.75, 3.05) is 0 Å². The van der Waals surface area contributed by atoms with Gasteiger partial charge in [0.25, 0.3) is 0 Å². The van der Waals surface area contributed by atoms with Crippen LogP contribution < -0.4 is 18.9 Å². The van der Waals surface area contributed by atoms with Crippen LogP contribution in [0.1, 0.15) is 22.3 Å². The molecule has 0 fully saturated rings. The maximum absolute atomic E-state index is 11.5. The van der Waals surface area contributed by atoms with Crippen LogP contribution in [0.4, 0.5) is 45.5 Å². The van der Waals surface area contributed by atoms with Crippen molar-refractivity contribution in [1.82, 2.24) is 0 Å². The molecule has 0 radical (unpaired) electrons. The molecule has 4 heterocycles. The Morgan fingerprint density at radius 1 is 0.230 bits per heavy atom. The molecule has 0 atom stereocenters. The molecule has 0 aliphatic rings. The molecule has 0 unspecified atom stereocenters. The molecule has 0 amide bonds. The second kappa shape index (κ2) is 17.7. The van der Waals surface area contributed by atoms with Crippen molar-refractivity contribution in [3.63, 3.8) is 0 Å². The van der Waals surface area contributed by atoms with Crippen LogP contribution in [0.25, 0.3) is 0 Å². The van der Waals surface area contributed by atoms with Gasteiger partial charge < -0.3 is 20.8 Å². The van der Waals surface area contributed by atoms with Gasteiger partial charge in [0.2, 0.25) is 0 Å². The van der Waals surface area contributed by atoms with Crippen molar-refractivity contribution in [2.45, 2.75) is 5.41 Å². The van der Waals surface area contributed by atoms with Crippen LogP contribution >= 0.6 is 0 Å². The second-order valence-corrected chi connectivity index (χ2v) is 13.4. The maximum Gasteiger partial charge on any atom is 0.182 e. The molecule has 0 bridgehead atoms. The molecule has 0 saturated heterocycles. The Balaban J connectivity index is 1.24. The summed E-state index contributed by atoms with van der Waals surface area (Å²) in [5.41, 5.74) is 7.07. The van der Waals surface area contributed by atoms with Gasteiger partial charge in [0.05, 0.1) is 50.9 Å². The van der Waals surface area contributed by atoms with E-state index in [0.29, 0.717) is 64.4 Å². The number of hydrogen-bond donors (Lipinski definition) is 0. The average molecular weight is 805 g/mol. The summed E-state index contributed by atoms with van der Waals surface area (Å²) >= 11 is 0. The first-order valence-corrected chi connectivity index (χ1v) is 18.6. The standard InChI is InChI=1S/C45H32N12O4/c58-54-25-17-41(18-26-54)50-46-37-9-1-33(2-10-37)45(34-3-11-38(12-4-34)47-51-42-19-27-55(59)28-20-42,35-5-13-39(14-6-35)48-52-43-21-29-56(60)30-22-43)36-7-15-40(16-8-36)49-53-44-23-31-57(61)32-24-44/h1-32H/b50-46+,51-47+,52-48+,53-49+. The Hall–Kier alpha value is -8.92. The summed E-state index contributed by atoms with van der Waals surface area (Å²) < 4.78 is 2.72. The van der Waals surface area contributed by atoms with Crippen LogP contribution in [0.3, 0.4) is 0 Å². The van der Waals surface area contributed by atoms with Crippen LogP contribution in [-0.2, 0) is 5.41 Å². The monoisotopic (exact) mass is 804 g/mol. The van der Waals surface area contributed by atoms with Gasteiger partial charge in [0, 0.05) is 48.5 Å². The lowest BCUT2D eigenvalue weighted by Gasteiger charge is -2.37. The first kappa shape index (κ1) is 38.9. The molecular weight excluding hydrogens is 773 g/mol. The minimum atomic E-state index is -0.957. The van der Waals surface area contributed by atoms with E-state index in [1.165, 1.54) is 49.6 Å². The highest BCUT2D eigenvalue weighted by Crippen LogP contribution is 2.47. The Morgan fingerprint density at radius 3 is 0.541 bits per heavy atom. The molecule has 4 aromatic carbocycles. The fraction of sp³-hybridized carbons (Fsp3) is 0.0222. The summed E-state index contributed by atoms with van der Waals surface area (Å²) in [4.78, 5) is 0. The fourth-order valence-corrected chi connectivity index (χ4v) is 6.46. The molecule has 8 aromatic rings. The molecule has 0 saturated carbocycles. The molecule has 16 heteroatoms. The zero-order chi connectivity index (χ0) is 42.0. The highest BCUT2D eigenvalue weighted by Gasteiger charge is 2.38. The lowest BCUT2D eigenvalue weighted by atomic mass is 9.65. The Kier molecular flexibility index (Phi) is 11.3. The number of nitrogens with zero attached hydrogens (tertiary/aromatic N) is 12. The highest BCUT2D eigenvalue weighted by molar-refractivity contribution is 5.64. The van der Waals surface area contributed by atoms with Crippen LogP contribution in [0.2, 0.25) is 0 Å². The summed E-state index contributed by atoms with van der Waals surface area (Å²) in [6.45, 7) is 0. The molecule has 8 rings (SSSR count). The molecule has 0 aliphatic heterocycles. The maximum atomic E-state index is 11.5. The third-order valence-electron chi connectivity index (χ3n) is 9.46. The van der Waals surface area contributed by atoms with E-state index in [1.54, 1.807) is 48.5 Å². The number of hydrogen-bond acceptors (Lipinski definition) is 12.